The molecule has 3 N–H and O–H groups in total. The van der Waals surface area contributed by atoms with Gasteiger partial charge in [-0.1, -0.05) is 80.9 Å². The monoisotopic (exact) mass is 595 g/mol. The number of benzene rings is 3. The van der Waals surface area contributed by atoms with Gasteiger partial charge in [-0.25, -0.2) is 4.79 Å². The number of nitrogens with one attached hydrogen (secondary N) is 1. The summed E-state index contributed by atoms with van der Waals surface area (Å²) >= 11 is -0.750. The maximum absolute atomic E-state index is 11.8. The van der Waals surface area contributed by atoms with Crippen LogP contribution in [-0.4, -0.2) is 31.3 Å². The molecule has 8 heteroatoms. The van der Waals surface area contributed by atoms with E-state index in [1.807, 2.05) is 49.4 Å². The SMILES string of the molecule is CCc1cc([C@@H](O)CCC(C)CCCc2ccc(CCCCNC(=O)OCc3ccccc3)cc2)ccc1O.O=S=O. The molecule has 0 saturated carbocycles. The van der Waals surface area contributed by atoms with Crippen LogP contribution in [0.4, 0.5) is 4.79 Å². The molecule has 0 radical (unpaired) electrons. The Morgan fingerprint density at radius 3 is 2.14 bits per heavy atom. The van der Waals surface area contributed by atoms with Gasteiger partial charge in [0, 0.05) is 6.54 Å². The fraction of sp³-hybridized carbons (Fsp3) is 0.441. The van der Waals surface area contributed by atoms with E-state index in [4.69, 9.17) is 13.2 Å². The van der Waals surface area contributed by atoms with Crippen molar-refractivity contribution in [2.75, 3.05) is 6.54 Å². The first kappa shape index (κ1) is 34.7. The fourth-order valence-electron chi connectivity index (χ4n) is 4.80. The summed E-state index contributed by atoms with van der Waals surface area (Å²) in [6.07, 6.45) is 7.94. The number of rotatable bonds is 16. The Morgan fingerprint density at radius 1 is 0.857 bits per heavy atom. The number of aliphatic hydroxyl groups excluding tert-OH is 1. The lowest BCUT2D eigenvalue weighted by Crippen LogP contribution is -2.25. The average molecular weight is 596 g/mol. The average Bonchev–Trinajstić information content (AvgIpc) is 3.00. The Kier molecular flexibility index (Phi) is 16.9. The van der Waals surface area contributed by atoms with Gasteiger partial charge in [0.05, 0.1) is 6.10 Å². The minimum absolute atomic E-state index is 0.294. The van der Waals surface area contributed by atoms with Crippen LogP contribution in [-0.2, 0) is 42.2 Å². The van der Waals surface area contributed by atoms with Crippen LogP contribution in [0.5, 0.6) is 5.75 Å². The maximum atomic E-state index is 11.8. The number of amides is 1. The zero-order chi connectivity index (χ0) is 30.6. The van der Waals surface area contributed by atoms with Gasteiger partial charge in [-0.15, -0.1) is 0 Å². The Bertz CT molecular complexity index is 1210. The molecule has 0 bridgehead atoms. The second kappa shape index (κ2) is 20.4. The standard InChI is InChI=1S/C34H45NO4.O2S/c1-3-30-24-31(20-22-32(30)36)33(37)21-15-26(2)10-9-14-28-18-16-27(17-19-28)11-7-8-23-35-34(38)39-25-29-12-5-4-6-13-29;1-3-2/h4-6,12-13,16-20,22,24,26,33,36-37H,3,7-11,14-15,21,23,25H2,1-2H3,(H,35,38);/t26?,33-;/m0./s1. The topological polar surface area (TPSA) is 113 Å². The third-order valence-corrected chi connectivity index (χ3v) is 7.36. The van der Waals surface area contributed by atoms with Crippen molar-refractivity contribution in [3.05, 3.63) is 101 Å². The number of hydrogen-bond acceptors (Lipinski definition) is 6. The van der Waals surface area contributed by atoms with Crippen LogP contribution in [0.1, 0.15) is 86.3 Å². The highest BCUT2D eigenvalue weighted by molar-refractivity contribution is 7.51. The molecule has 0 aromatic heterocycles. The molecule has 3 aromatic carbocycles. The molecule has 0 saturated heterocycles. The molecule has 1 unspecified atom stereocenters. The van der Waals surface area contributed by atoms with Gasteiger partial charge in [0.2, 0.25) is 0 Å². The van der Waals surface area contributed by atoms with Gasteiger partial charge >= 0.3 is 17.7 Å². The Hall–Kier alpha value is -3.49. The lowest BCUT2D eigenvalue weighted by Gasteiger charge is -2.16. The second-order valence-electron chi connectivity index (χ2n) is 10.7. The molecule has 0 aliphatic heterocycles. The van der Waals surface area contributed by atoms with Crippen molar-refractivity contribution in [2.24, 2.45) is 5.92 Å². The number of aliphatic hydroxyl groups is 1. The molecule has 228 valence electrons. The van der Waals surface area contributed by atoms with Crippen LogP contribution < -0.4 is 5.32 Å². The molecular formula is C34H45NO6S. The summed E-state index contributed by atoms with van der Waals surface area (Å²) in [6, 6.07) is 24.0. The van der Waals surface area contributed by atoms with Crippen molar-refractivity contribution >= 4 is 17.7 Å². The van der Waals surface area contributed by atoms with Gasteiger partial charge in [0.25, 0.3) is 0 Å². The van der Waals surface area contributed by atoms with E-state index in [-0.39, 0.29) is 6.09 Å². The van der Waals surface area contributed by atoms with Crippen LogP contribution in [0.15, 0.2) is 72.8 Å². The van der Waals surface area contributed by atoms with Crippen LogP contribution in [0.25, 0.3) is 0 Å². The number of aryl methyl sites for hydroxylation is 3. The van der Waals surface area contributed by atoms with E-state index in [1.165, 1.54) is 11.1 Å². The first-order valence-electron chi connectivity index (χ1n) is 14.8. The first-order valence-corrected chi connectivity index (χ1v) is 15.5. The summed E-state index contributed by atoms with van der Waals surface area (Å²) in [6.45, 7) is 5.19. The molecule has 0 fully saturated rings. The quantitative estimate of drug-likeness (QED) is 0.154. The second-order valence-corrected chi connectivity index (χ2v) is 10.8. The molecule has 7 nitrogen and oxygen atoms in total. The highest BCUT2D eigenvalue weighted by Gasteiger charge is 2.12. The lowest BCUT2D eigenvalue weighted by molar-refractivity contribution is 0.139. The zero-order valence-corrected chi connectivity index (χ0v) is 25.6. The van der Waals surface area contributed by atoms with Crippen LogP contribution in [0, 0.1) is 5.92 Å². The largest absolute Gasteiger partial charge is 0.508 e. The number of hydrogen-bond donors (Lipinski definition) is 3. The molecular weight excluding hydrogens is 550 g/mol. The molecule has 0 aliphatic carbocycles. The molecule has 3 rings (SSSR count). The van der Waals surface area contributed by atoms with E-state index in [1.54, 1.807) is 6.07 Å². The van der Waals surface area contributed by atoms with E-state index < -0.39 is 17.7 Å². The van der Waals surface area contributed by atoms with Gasteiger partial charge in [-0.3, -0.25) is 0 Å². The summed E-state index contributed by atoms with van der Waals surface area (Å²) in [7, 11) is 0. The minimum Gasteiger partial charge on any atom is -0.508 e. The van der Waals surface area contributed by atoms with E-state index in [2.05, 4.69) is 36.5 Å². The number of carbonyl (C=O) groups excluding carboxylic acids is 1. The van der Waals surface area contributed by atoms with Crippen LogP contribution >= 0.6 is 0 Å². The Balaban J connectivity index is 0.00000197. The number of carbonyl (C=O) groups is 1. The van der Waals surface area contributed by atoms with Gasteiger partial charge in [-0.2, -0.15) is 8.42 Å². The van der Waals surface area contributed by atoms with Crippen molar-refractivity contribution in [3.8, 4) is 5.75 Å². The van der Waals surface area contributed by atoms with Crippen molar-refractivity contribution < 1.29 is 28.2 Å². The maximum Gasteiger partial charge on any atom is 0.407 e. The molecule has 2 atom stereocenters. The zero-order valence-electron chi connectivity index (χ0n) is 24.8. The molecule has 42 heavy (non-hydrogen) atoms. The highest BCUT2D eigenvalue weighted by atomic mass is 32.1. The van der Waals surface area contributed by atoms with Crippen molar-refractivity contribution in [1.29, 1.82) is 0 Å². The predicted octanol–water partition coefficient (Wildman–Crippen LogP) is 7.01. The summed E-state index contributed by atoms with van der Waals surface area (Å²) in [4.78, 5) is 11.8. The van der Waals surface area contributed by atoms with Crippen LogP contribution in [0.3, 0.4) is 0 Å². The van der Waals surface area contributed by atoms with E-state index in [0.717, 1.165) is 74.5 Å². The van der Waals surface area contributed by atoms with Crippen molar-refractivity contribution in [3.63, 3.8) is 0 Å². The summed E-state index contributed by atoms with van der Waals surface area (Å²) in [5.74, 6) is 0.868. The third kappa shape index (κ3) is 13.9. The fourth-order valence-corrected chi connectivity index (χ4v) is 4.80. The molecule has 3 aromatic rings. The number of phenolic OH excluding ortho intramolecular Hbond substituents is 1. The molecule has 0 aliphatic rings. The first-order chi connectivity index (χ1) is 20.4. The summed E-state index contributed by atoms with van der Waals surface area (Å²) in [5, 5.41) is 23.3. The lowest BCUT2D eigenvalue weighted by atomic mass is 9.93. The van der Waals surface area contributed by atoms with E-state index in [0.29, 0.717) is 24.8 Å². The highest BCUT2D eigenvalue weighted by Crippen LogP contribution is 2.27. The van der Waals surface area contributed by atoms with Crippen LogP contribution in [0.2, 0.25) is 0 Å². The van der Waals surface area contributed by atoms with Crippen molar-refractivity contribution in [2.45, 2.75) is 84.3 Å². The smallest absolute Gasteiger partial charge is 0.407 e. The van der Waals surface area contributed by atoms with Gasteiger partial charge in [0.1, 0.15) is 12.4 Å². The minimum atomic E-state index is -0.750. The Labute approximate surface area is 253 Å². The molecule has 0 heterocycles. The summed E-state index contributed by atoms with van der Waals surface area (Å²) < 4.78 is 21.8. The number of ether oxygens (including phenoxy) is 1. The number of phenols is 1. The van der Waals surface area contributed by atoms with Gasteiger partial charge in [-0.05, 0) is 97.2 Å². The molecule has 1 amide bonds. The molecule has 0 spiro atoms. The van der Waals surface area contributed by atoms with Crippen molar-refractivity contribution in [1.82, 2.24) is 5.32 Å². The predicted molar refractivity (Wildman–Crippen MR) is 167 cm³/mol. The van der Waals surface area contributed by atoms with E-state index >= 15 is 0 Å². The normalized spacial score (nSPS) is 12.0. The number of aromatic hydroxyl groups is 1. The number of unbranched alkanes of at least 4 members (excludes halogenated alkanes) is 1. The van der Waals surface area contributed by atoms with Gasteiger partial charge < -0.3 is 20.3 Å². The third-order valence-electron chi connectivity index (χ3n) is 7.36. The van der Waals surface area contributed by atoms with Gasteiger partial charge in [0.15, 0.2) is 0 Å². The summed E-state index contributed by atoms with van der Waals surface area (Å²) in [5.41, 5.74) is 5.46. The Morgan fingerprint density at radius 2 is 1.50 bits per heavy atom. The van der Waals surface area contributed by atoms with E-state index in [9.17, 15) is 15.0 Å². The number of alkyl carbamates (subject to hydrolysis) is 1.